The lowest BCUT2D eigenvalue weighted by Crippen LogP contribution is -2.23. The van der Waals surface area contributed by atoms with Gasteiger partial charge in [-0.2, -0.15) is 0 Å². The first kappa shape index (κ1) is 14.8. The first-order valence-corrected chi connectivity index (χ1v) is 7.37. The van der Waals surface area contributed by atoms with E-state index in [0.717, 1.165) is 22.0 Å². The number of amides is 2. The summed E-state index contributed by atoms with van der Waals surface area (Å²) in [5.74, 6) is 0. The Kier molecular flexibility index (Phi) is 4.34. The summed E-state index contributed by atoms with van der Waals surface area (Å²) in [6.45, 7) is 2.03. The van der Waals surface area contributed by atoms with Gasteiger partial charge >= 0.3 is 6.03 Å². The zero-order chi connectivity index (χ0) is 16.1. The molecule has 2 N–H and O–H groups in total. The van der Waals surface area contributed by atoms with Gasteiger partial charge in [0.15, 0.2) is 0 Å². The molecule has 4 nitrogen and oxygen atoms in total. The van der Waals surface area contributed by atoms with E-state index >= 15 is 0 Å². The van der Waals surface area contributed by atoms with Gasteiger partial charge in [-0.05, 0) is 36.3 Å². The molecule has 0 bridgehead atoms. The van der Waals surface area contributed by atoms with Crippen LogP contribution in [-0.2, 0) is 0 Å². The molecule has 0 saturated carbocycles. The van der Waals surface area contributed by atoms with Crippen molar-refractivity contribution in [3.63, 3.8) is 0 Å². The first-order valence-electron chi connectivity index (χ1n) is 7.37. The van der Waals surface area contributed by atoms with E-state index < -0.39 is 0 Å². The molecule has 3 rings (SSSR count). The fourth-order valence-corrected chi connectivity index (χ4v) is 2.34. The van der Waals surface area contributed by atoms with Crippen molar-refractivity contribution in [1.29, 1.82) is 0 Å². The third-order valence-corrected chi connectivity index (χ3v) is 3.55. The third-order valence-electron chi connectivity index (χ3n) is 3.55. The summed E-state index contributed by atoms with van der Waals surface area (Å²) in [6, 6.07) is 17.2. The van der Waals surface area contributed by atoms with Crippen LogP contribution in [0.15, 0.2) is 67.0 Å². The van der Waals surface area contributed by atoms with Gasteiger partial charge < -0.3 is 10.6 Å². The van der Waals surface area contributed by atoms with E-state index in [4.69, 9.17) is 0 Å². The second kappa shape index (κ2) is 6.75. The van der Waals surface area contributed by atoms with Crippen molar-refractivity contribution in [2.75, 3.05) is 5.32 Å². The second-order valence-electron chi connectivity index (χ2n) is 5.17. The van der Waals surface area contributed by atoms with Crippen LogP contribution in [0.3, 0.4) is 0 Å². The molecule has 1 aromatic heterocycles. The van der Waals surface area contributed by atoms with E-state index in [0.29, 0.717) is 5.69 Å². The number of aryl methyl sites for hydroxylation is 1. The molecule has 2 aromatic carbocycles. The molecule has 23 heavy (non-hydrogen) atoms. The van der Waals surface area contributed by atoms with E-state index in [1.54, 1.807) is 12.4 Å². The van der Waals surface area contributed by atoms with Crippen molar-refractivity contribution >= 4 is 28.7 Å². The van der Waals surface area contributed by atoms with Gasteiger partial charge in [0.2, 0.25) is 0 Å². The van der Waals surface area contributed by atoms with Gasteiger partial charge in [0.1, 0.15) is 0 Å². The molecule has 0 fully saturated rings. The number of hydrogen-bond acceptors (Lipinski definition) is 2. The number of aromatic nitrogens is 1. The Bertz CT molecular complexity index is 866. The maximum atomic E-state index is 12.0. The summed E-state index contributed by atoms with van der Waals surface area (Å²) in [6.07, 6.45) is 5.22. The summed E-state index contributed by atoms with van der Waals surface area (Å²) in [5, 5.41) is 6.52. The zero-order valence-corrected chi connectivity index (χ0v) is 12.8. The van der Waals surface area contributed by atoms with Gasteiger partial charge in [-0.1, -0.05) is 42.5 Å². The van der Waals surface area contributed by atoms with Crippen molar-refractivity contribution in [1.82, 2.24) is 10.3 Å². The number of carbonyl (C=O) groups excluding carboxylic acids is 1. The maximum Gasteiger partial charge on any atom is 0.323 e. The fourth-order valence-electron chi connectivity index (χ4n) is 2.34. The summed E-state index contributed by atoms with van der Waals surface area (Å²) < 4.78 is 0. The number of carbonyl (C=O) groups is 1. The molecule has 114 valence electrons. The highest BCUT2D eigenvalue weighted by Gasteiger charge is 2.04. The minimum absolute atomic E-state index is 0.298. The van der Waals surface area contributed by atoms with Gasteiger partial charge in [-0.25, -0.2) is 4.79 Å². The van der Waals surface area contributed by atoms with Crippen LogP contribution in [0, 0.1) is 6.92 Å². The summed E-state index contributed by atoms with van der Waals surface area (Å²) in [4.78, 5) is 16.3. The Balaban J connectivity index is 1.69. The number of nitrogens with zero attached hydrogens (tertiary/aromatic N) is 1. The summed E-state index contributed by atoms with van der Waals surface area (Å²) in [7, 11) is 0. The Morgan fingerprint density at radius 2 is 1.87 bits per heavy atom. The number of hydrogen-bond donors (Lipinski definition) is 2. The number of para-hydroxylation sites is 1. The number of rotatable bonds is 3. The highest BCUT2D eigenvalue weighted by atomic mass is 16.2. The van der Waals surface area contributed by atoms with Crippen LogP contribution in [0.2, 0.25) is 0 Å². The third kappa shape index (κ3) is 3.55. The van der Waals surface area contributed by atoms with Gasteiger partial charge in [0.05, 0.1) is 11.2 Å². The molecular formula is C19H17N3O. The molecule has 1 heterocycles. The van der Waals surface area contributed by atoms with Crippen molar-refractivity contribution in [3.05, 3.63) is 78.1 Å². The van der Waals surface area contributed by atoms with Gasteiger partial charge in [0.25, 0.3) is 0 Å². The Morgan fingerprint density at radius 3 is 2.74 bits per heavy atom. The molecule has 0 unspecified atom stereocenters. The van der Waals surface area contributed by atoms with Crippen LogP contribution in [-0.4, -0.2) is 11.0 Å². The monoisotopic (exact) mass is 303 g/mol. The highest BCUT2D eigenvalue weighted by Crippen LogP contribution is 2.20. The molecule has 0 atom stereocenters. The Labute approximate surface area is 134 Å². The van der Waals surface area contributed by atoms with Crippen LogP contribution in [0.25, 0.3) is 17.0 Å². The smallest absolute Gasteiger partial charge is 0.314 e. The number of nitrogens with one attached hydrogen (secondary N) is 2. The van der Waals surface area contributed by atoms with E-state index in [-0.39, 0.29) is 6.03 Å². The number of urea groups is 1. The standard InChI is InChI=1S/C19H17N3O/c1-14-6-2-3-7-15(14)11-13-21-19(23)22-17-10-4-8-16-9-5-12-20-18(16)17/h2-13H,1H3,(H2,21,22,23)/b13-11+. The Morgan fingerprint density at radius 1 is 1.04 bits per heavy atom. The molecule has 2 amide bonds. The minimum atomic E-state index is -0.298. The number of pyridine rings is 1. The van der Waals surface area contributed by atoms with Crippen molar-refractivity contribution in [3.8, 4) is 0 Å². The molecule has 0 spiro atoms. The SMILES string of the molecule is Cc1ccccc1/C=C/NC(=O)Nc1cccc2cccnc12. The average molecular weight is 303 g/mol. The predicted molar refractivity (Wildman–Crippen MR) is 94.1 cm³/mol. The molecule has 0 aliphatic heterocycles. The van der Waals surface area contributed by atoms with Crippen molar-refractivity contribution in [2.45, 2.75) is 6.92 Å². The topological polar surface area (TPSA) is 54.0 Å². The number of anilines is 1. The van der Waals surface area contributed by atoms with E-state index in [2.05, 4.69) is 15.6 Å². The molecule has 3 aromatic rings. The summed E-state index contributed by atoms with van der Waals surface area (Å²) >= 11 is 0. The number of fused-ring (bicyclic) bond motifs is 1. The fraction of sp³-hybridized carbons (Fsp3) is 0.0526. The lowest BCUT2D eigenvalue weighted by atomic mass is 10.1. The second-order valence-corrected chi connectivity index (χ2v) is 5.17. The minimum Gasteiger partial charge on any atom is -0.314 e. The van der Waals surface area contributed by atoms with Crippen LogP contribution in [0.4, 0.5) is 10.5 Å². The van der Waals surface area contributed by atoms with Crippen LogP contribution >= 0.6 is 0 Å². The van der Waals surface area contributed by atoms with E-state index in [9.17, 15) is 4.79 Å². The van der Waals surface area contributed by atoms with Gasteiger partial charge in [-0.3, -0.25) is 4.98 Å². The molecule has 4 heteroatoms. The van der Waals surface area contributed by atoms with Crippen LogP contribution in [0.5, 0.6) is 0 Å². The first-order chi connectivity index (χ1) is 11.2. The van der Waals surface area contributed by atoms with Crippen molar-refractivity contribution < 1.29 is 4.79 Å². The maximum absolute atomic E-state index is 12.0. The van der Waals surface area contributed by atoms with E-state index in [1.807, 2.05) is 67.6 Å². The molecule has 0 aliphatic rings. The molecule has 0 saturated heterocycles. The lowest BCUT2D eigenvalue weighted by molar-refractivity contribution is 0.255. The normalized spacial score (nSPS) is 10.8. The quantitative estimate of drug-likeness (QED) is 0.756. The zero-order valence-electron chi connectivity index (χ0n) is 12.8. The van der Waals surface area contributed by atoms with E-state index in [1.165, 1.54) is 0 Å². The largest absolute Gasteiger partial charge is 0.323 e. The van der Waals surface area contributed by atoms with Crippen LogP contribution in [0.1, 0.15) is 11.1 Å². The average Bonchev–Trinajstić information content (AvgIpc) is 2.57. The Hall–Kier alpha value is -3.14. The highest BCUT2D eigenvalue weighted by molar-refractivity contribution is 5.99. The lowest BCUT2D eigenvalue weighted by Gasteiger charge is -2.07. The van der Waals surface area contributed by atoms with Gasteiger partial charge in [0, 0.05) is 17.8 Å². The molecule has 0 aliphatic carbocycles. The van der Waals surface area contributed by atoms with Crippen molar-refractivity contribution in [2.24, 2.45) is 0 Å². The number of benzene rings is 2. The van der Waals surface area contributed by atoms with Crippen LogP contribution < -0.4 is 10.6 Å². The van der Waals surface area contributed by atoms with Gasteiger partial charge in [-0.15, -0.1) is 0 Å². The molecule has 0 radical (unpaired) electrons. The predicted octanol–water partition coefficient (Wildman–Crippen LogP) is 4.34. The summed E-state index contributed by atoms with van der Waals surface area (Å²) in [5.41, 5.74) is 3.68. The molecular weight excluding hydrogens is 286 g/mol.